The number of hydrogen-bond acceptors (Lipinski definition) is 3. The molecule has 1 saturated heterocycles. The first-order valence-corrected chi connectivity index (χ1v) is 11.2. The highest BCUT2D eigenvalue weighted by Gasteiger charge is 2.34. The molecular formula is C23H15Br2ClN2O3. The molecule has 0 atom stereocenters. The minimum atomic E-state index is -0.454. The SMILES string of the molecule is O=C1NN(c2ccccc2)C(=O)/C1=C\c1cc(Br)c(OCc2ccc(Cl)cc2)c(Br)c1. The predicted molar refractivity (Wildman–Crippen MR) is 128 cm³/mol. The van der Waals surface area contributed by atoms with Crippen molar-refractivity contribution in [3.63, 3.8) is 0 Å². The number of amides is 2. The molecular weight excluding hydrogens is 548 g/mol. The van der Waals surface area contributed by atoms with Gasteiger partial charge in [-0.1, -0.05) is 41.9 Å². The third-order valence-electron chi connectivity index (χ3n) is 4.53. The second kappa shape index (κ2) is 9.26. The van der Waals surface area contributed by atoms with E-state index in [1.165, 1.54) is 5.01 Å². The molecule has 8 heteroatoms. The quantitative estimate of drug-likeness (QED) is 0.311. The molecule has 156 valence electrons. The van der Waals surface area contributed by atoms with E-state index in [2.05, 4.69) is 37.3 Å². The average Bonchev–Trinajstić information content (AvgIpc) is 3.03. The van der Waals surface area contributed by atoms with Crippen molar-refractivity contribution in [1.82, 2.24) is 5.43 Å². The van der Waals surface area contributed by atoms with Gasteiger partial charge in [0.1, 0.15) is 17.9 Å². The molecule has 5 nitrogen and oxygen atoms in total. The fourth-order valence-corrected chi connectivity index (χ4v) is 4.60. The molecule has 0 aromatic heterocycles. The Kier molecular flexibility index (Phi) is 6.46. The van der Waals surface area contributed by atoms with Crippen molar-refractivity contribution in [2.45, 2.75) is 6.61 Å². The normalized spacial score (nSPS) is 14.8. The van der Waals surface area contributed by atoms with E-state index in [1.54, 1.807) is 42.5 Å². The highest BCUT2D eigenvalue weighted by Crippen LogP contribution is 2.36. The molecule has 1 aliphatic heterocycles. The first kappa shape index (κ1) is 21.6. The van der Waals surface area contributed by atoms with Gasteiger partial charge in [0.25, 0.3) is 11.8 Å². The largest absolute Gasteiger partial charge is 0.487 e. The fourth-order valence-electron chi connectivity index (χ4n) is 3.02. The van der Waals surface area contributed by atoms with Gasteiger partial charge in [0, 0.05) is 5.02 Å². The van der Waals surface area contributed by atoms with E-state index >= 15 is 0 Å². The Balaban J connectivity index is 1.55. The van der Waals surface area contributed by atoms with Crippen molar-refractivity contribution in [3.8, 4) is 5.75 Å². The summed E-state index contributed by atoms with van der Waals surface area (Å²) in [6.07, 6.45) is 1.55. The summed E-state index contributed by atoms with van der Waals surface area (Å²) >= 11 is 12.9. The zero-order valence-electron chi connectivity index (χ0n) is 15.9. The minimum Gasteiger partial charge on any atom is -0.487 e. The third-order valence-corrected chi connectivity index (χ3v) is 5.96. The third kappa shape index (κ3) is 4.84. The molecule has 0 radical (unpaired) electrons. The van der Waals surface area contributed by atoms with Crippen LogP contribution in [0.2, 0.25) is 5.02 Å². The van der Waals surface area contributed by atoms with Crippen LogP contribution in [0.3, 0.4) is 0 Å². The van der Waals surface area contributed by atoms with Crippen molar-refractivity contribution in [1.29, 1.82) is 0 Å². The minimum absolute atomic E-state index is 0.0532. The molecule has 1 fully saturated rings. The van der Waals surface area contributed by atoms with Crippen LogP contribution in [0, 0.1) is 0 Å². The van der Waals surface area contributed by atoms with Crippen LogP contribution in [0.1, 0.15) is 11.1 Å². The van der Waals surface area contributed by atoms with Crippen LogP contribution < -0.4 is 15.2 Å². The lowest BCUT2D eigenvalue weighted by Crippen LogP contribution is -2.35. The maximum atomic E-state index is 12.8. The summed E-state index contributed by atoms with van der Waals surface area (Å²) in [5, 5.41) is 1.90. The van der Waals surface area contributed by atoms with E-state index in [-0.39, 0.29) is 5.57 Å². The molecule has 1 heterocycles. The van der Waals surface area contributed by atoms with E-state index in [4.69, 9.17) is 16.3 Å². The second-order valence-electron chi connectivity index (χ2n) is 6.70. The summed E-state index contributed by atoms with van der Waals surface area (Å²) in [6, 6.07) is 19.9. The van der Waals surface area contributed by atoms with Gasteiger partial charge in [-0.05, 0) is 85.5 Å². The van der Waals surface area contributed by atoms with Crippen LogP contribution in [0.25, 0.3) is 6.08 Å². The number of carbonyl (C=O) groups is 2. The van der Waals surface area contributed by atoms with Gasteiger partial charge in [0.15, 0.2) is 0 Å². The molecule has 0 spiro atoms. The predicted octanol–water partition coefficient (Wildman–Crippen LogP) is 5.91. The summed E-state index contributed by atoms with van der Waals surface area (Å²) in [5.74, 6) is -0.249. The number of benzene rings is 3. The number of nitrogens with one attached hydrogen (secondary N) is 1. The van der Waals surface area contributed by atoms with Gasteiger partial charge in [-0.3, -0.25) is 15.0 Å². The number of hydrazine groups is 1. The summed E-state index contributed by atoms with van der Waals surface area (Å²) in [4.78, 5) is 25.2. The van der Waals surface area contributed by atoms with E-state index in [0.29, 0.717) is 37.6 Å². The molecule has 1 N–H and O–H groups in total. The molecule has 0 bridgehead atoms. The first-order chi connectivity index (χ1) is 14.9. The summed E-state index contributed by atoms with van der Waals surface area (Å²) in [5.41, 5.74) is 4.89. The van der Waals surface area contributed by atoms with Gasteiger partial charge < -0.3 is 4.74 Å². The van der Waals surface area contributed by atoms with Crippen molar-refractivity contribution in [2.75, 3.05) is 5.01 Å². The monoisotopic (exact) mass is 560 g/mol. The topological polar surface area (TPSA) is 58.6 Å². The van der Waals surface area contributed by atoms with Gasteiger partial charge in [0.2, 0.25) is 0 Å². The lowest BCUT2D eigenvalue weighted by atomic mass is 10.1. The first-order valence-electron chi connectivity index (χ1n) is 9.21. The van der Waals surface area contributed by atoms with E-state index in [9.17, 15) is 9.59 Å². The van der Waals surface area contributed by atoms with Crippen LogP contribution >= 0.6 is 43.5 Å². The number of nitrogens with zero attached hydrogens (tertiary/aromatic N) is 1. The standard InChI is InChI=1S/C23H15Br2ClN2O3/c24-19-11-15(12-20(25)21(19)31-13-14-6-8-16(26)9-7-14)10-18-22(29)27-28(23(18)30)17-4-2-1-3-5-17/h1-12H,13H2,(H,27,29)/b18-10-. The lowest BCUT2D eigenvalue weighted by Gasteiger charge is -2.14. The van der Waals surface area contributed by atoms with E-state index in [1.807, 2.05) is 30.3 Å². The second-order valence-corrected chi connectivity index (χ2v) is 8.85. The number of hydrogen-bond donors (Lipinski definition) is 1. The Hall–Kier alpha value is -2.61. The number of para-hydroxylation sites is 1. The number of carbonyl (C=O) groups excluding carboxylic acids is 2. The summed E-state index contributed by atoms with van der Waals surface area (Å²) in [7, 11) is 0. The van der Waals surface area contributed by atoms with E-state index < -0.39 is 11.8 Å². The highest BCUT2D eigenvalue weighted by molar-refractivity contribution is 9.11. The smallest absolute Gasteiger partial charge is 0.282 e. The maximum absolute atomic E-state index is 12.8. The molecule has 31 heavy (non-hydrogen) atoms. The average molecular weight is 563 g/mol. The molecule has 0 unspecified atom stereocenters. The fraction of sp³-hybridized carbons (Fsp3) is 0.0435. The van der Waals surface area contributed by atoms with Gasteiger partial charge in [-0.2, -0.15) is 0 Å². The van der Waals surface area contributed by atoms with Gasteiger partial charge in [-0.25, -0.2) is 5.01 Å². The molecule has 4 rings (SSSR count). The van der Waals surface area contributed by atoms with Gasteiger partial charge in [-0.15, -0.1) is 0 Å². The molecule has 3 aromatic rings. The van der Waals surface area contributed by atoms with Crippen LogP contribution in [0.15, 0.2) is 81.2 Å². The summed E-state index contributed by atoms with van der Waals surface area (Å²) in [6.45, 7) is 0.363. The molecule has 2 amide bonds. The number of rotatable bonds is 5. The van der Waals surface area contributed by atoms with Gasteiger partial charge in [0.05, 0.1) is 14.6 Å². The van der Waals surface area contributed by atoms with Crippen molar-refractivity contribution < 1.29 is 14.3 Å². The van der Waals surface area contributed by atoms with Crippen molar-refractivity contribution in [3.05, 3.63) is 97.4 Å². The Morgan fingerprint density at radius 1 is 0.968 bits per heavy atom. The number of anilines is 1. The van der Waals surface area contributed by atoms with Crippen LogP contribution in [-0.2, 0) is 16.2 Å². The Labute approximate surface area is 200 Å². The van der Waals surface area contributed by atoms with Gasteiger partial charge >= 0.3 is 0 Å². The Morgan fingerprint density at radius 2 is 1.61 bits per heavy atom. The molecule has 1 aliphatic rings. The zero-order chi connectivity index (χ0) is 22.0. The molecule has 0 saturated carbocycles. The summed E-state index contributed by atoms with van der Waals surface area (Å²) < 4.78 is 7.30. The maximum Gasteiger partial charge on any atom is 0.282 e. The van der Waals surface area contributed by atoms with Crippen molar-refractivity contribution >= 4 is 67.0 Å². The zero-order valence-corrected chi connectivity index (χ0v) is 19.9. The molecule has 3 aromatic carbocycles. The Bertz CT molecular complexity index is 1160. The molecule has 0 aliphatic carbocycles. The van der Waals surface area contributed by atoms with Crippen LogP contribution in [0.4, 0.5) is 5.69 Å². The Morgan fingerprint density at radius 3 is 2.26 bits per heavy atom. The number of halogens is 3. The van der Waals surface area contributed by atoms with Crippen molar-refractivity contribution in [2.24, 2.45) is 0 Å². The van der Waals surface area contributed by atoms with Crippen LogP contribution in [0.5, 0.6) is 5.75 Å². The lowest BCUT2D eigenvalue weighted by molar-refractivity contribution is -0.117. The van der Waals surface area contributed by atoms with E-state index in [0.717, 1.165) is 5.56 Å². The van der Waals surface area contributed by atoms with Crippen LogP contribution in [-0.4, -0.2) is 11.8 Å². The number of ether oxygens (including phenoxy) is 1. The highest BCUT2D eigenvalue weighted by atomic mass is 79.9.